The van der Waals surface area contributed by atoms with Crippen molar-refractivity contribution in [1.29, 1.82) is 0 Å². The van der Waals surface area contributed by atoms with Crippen molar-refractivity contribution in [3.63, 3.8) is 0 Å². The number of benzene rings is 2. The van der Waals surface area contributed by atoms with Crippen LogP contribution in [0.3, 0.4) is 0 Å². The van der Waals surface area contributed by atoms with Crippen molar-refractivity contribution < 1.29 is 9.16 Å². The summed E-state index contributed by atoms with van der Waals surface area (Å²) < 4.78 is 14.6. The molecule has 1 saturated heterocycles. The van der Waals surface area contributed by atoms with Crippen molar-refractivity contribution in [2.45, 2.75) is 62.3 Å². The predicted molar refractivity (Wildman–Crippen MR) is 127 cm³/mol. The summed E-state index contributed by atoms with van der Waals surface area (Å²) in [7, 11) is -1.84. The second kappa shape index (κ2) is 9.76. The van der Waals surface area contributed by atoms with Crippen LogP contribution in [0.4, 0.5) is 0 Å². The number of hydrogen-bond donors (Lipinski definition) is 0. The van der Waals surface area contributed by atoms with E-state index in [1.54, 1.807) is 0 Å². The Morgan fingerprint density at radius 1 is 1.00 bits per heavy atom. The molecular weight excluding hydrogens is 439 g/mol. The van der Waals surface area contributed by atoms with Crippen molar-refractivity contribution >= 4 is 33.8 Å². The third-order valence-corrected chi connectivity index (χ3v) is 13.4. The van der Waals surface area contributed by atoms with Crippen molar-refractivity contribution in [2.24, 2.45) is 0 Å². The number of rotatable bonds is 6. The van der Waals surface area contributed by atoms with E-state index >= 15 is 0 Å². The summed E-state index contributed by atoms with van der Waals surface area (Å²) in [4.78, 5) is 0.382. The van der Waals surface area contributed by atoms with Crippen LogP contribution in [0.5, 0.6) is 0 Å². The standard InChI is InChI=1S/C25H34O2SeSi/c1-25(2,3)29(4,5)27-23-18-19-26-22(17-16-20-12-8-6-9-13-20)24(23)28-21-14-10-7-11-15-21/h6-17,22-24H,18-19H2,1-5H3/b17-16+/t22-,23-,24-/m0/s1. The van der Waals surface area contributed by atoms with Crippen LogP contribution in [0.25, 0.3) is 6.08 Å². The molecule has 1 fully saturated rings. The topological polar surface area (TPSA) is 18.5 Å². The molecule has 0 spiro atoms. The third-order valence-electron chi connectivity index (χ3n) is 5.95. The van der Waals surface area contributed by atoms with Gasteiger partial charge in [-0.2, -0.15) is 0 Å². The van der Waals surface area contributed by atoms with E-state index in [4.69, 9.17) is 9.16 Å². The molecule has 3 rings (SSSR count). The molecule has 2 aromatic rings. The summed E-state index contributed by atoms with van der Waals surface area (Å²) in [6.07, 6.45) is 5.80. The SMILES string of the molecule is CC(C)(C)[Si](C)(C)O[C@H]1CCO[C@@H](/C=C/c2ccccc2)[C@@H]1[Se]c1ccccc1. The van der Waals surface area contributed by atoms with Gasteiger partial charge in [0.25, 0.3) is 0 Å². The van der Waals surface area contributed by atoms with Crippen LogP contribution in [-0.2, 0) is 9.16 Å². The first kappa shape index (κ1) is 22.5. The van der Waals surface area contributed by atoms with Crippen LogP contribution >= 0.6 is 0 Å². The second-order valence-electron chi connectivity index (χ2n) is 9.21. The van der Waals surface area contributed by atoms with Gasteiger partial charge in [0.2, 0.25) is 0 Å². The first-order valence-corrected chi connectivity index (χ1v) is 15.3. The Labute approximate surface area is 184 Å². The molecule has 1 aliphatic heterocycles. The van der Waals surface area contributed by atoms with Crippen LogP contribution in [-0.4, -0.2) is 42.1 Å². The van der Waals surface area contributed by atoms with E-state index in [0.717, 1.165) is 13.0 Å². The third kappa shape index (κ3) is 6.16. The summed E-state index contributed by atoms with van der Waals surface area (Å²) >= 11 is 0.292. The molecule has 1 heterocycles. The van der Waals surface area contributed by atoms with Gasteiger partial charge in [-0.25, -0.2) is 0 Å². The van der Waals surface area contributed by atoms with Crippen LogP contribution in [0.15, 0.2) is 66.7 Å². The minimum atomic E-state index is -1.84. The first-order chi connectivity index (χ1) is 13.8. The fraction of sp³-hybridized carbons (Fsp3) is 0.440. The van der Waals surface area contributed by atoms with E-state index in [2.05, 4.69) is 107 Å². The Balaban J connectivity index is 1.84. The average molecular weight is 474 g/mol. The zero-order chi connectivity index (χ0) is 20.9. The second-order valence-corrected chi connectivity index (χ2v) is 16.6. The monoisotopic (exact) mass is 474 g/mol. The molecule has 0 N–H and O–H groups in total. The Kier molecular flexibility index (Phi) is 7.58. The molecule has 2 aromatic carbocycles. The van der Waals surface area contributed by atoms with E-state index in [1.807, 2.05) is 0 Å². The Morgan fingerprint density at radius 2 is 1.62 bits per heavy atom. The van der Waals surface area contributed by atoms with Gasteiger partial charge in [0.1, 0.15) is 0 Å². The molecule has 0 saturated carbocycles. The fourth-order valence-corrected chi connectivity index (χ4v) is 7.48. The number of ether oxygens (including phenoxy) is 1. The van der Waals surface area contributed by atoms with Gasteiger partial charge in [-0.05, 0) is 0 Å². The Morgan fingerprint density at radius 3 is 2.24 bits per heavy atom. The van der Waals surface area contributed by atoms with Gasteiger partial charge < -0.3 is 0 Å². The molecule has 156 valence electrons. The number of hydrogen-bond acceptors (Lipinski definition) is 2. The summed E-state index contributed by atoms with van der Waals surface area (Å²) in [5.41, 5.74) is 1.22. The zero-order valence-corrected chi connectivity index (χ0v) is 21.0. The van der Waals surface area contributed by atoms with Gasteiger partial charge in [-0.1, -0.05) is 0 Å². The molecule has 2 nitrogen and oxygen atoms in total. The van der Waals surface area contributed by atoms with Crippen LogP contribution < -0.4 is 4.46 Å². The molecule has 0 aliphatic carbocycles. The maximum atomic E-state index is 6.95. The first-order valence-electron chi connectivity index (χ1n) is 10.5. The van der Waals surface area contributed by atoms with Crippen LogP contribution in [0, 0.1) is 0 Å². The van der Waals surface area contributed by atoms with Gasteiger partial charge in [0, 0.05) is 0 Å². The van der Waals surface area contributed by atoms with Gasteiger partial charge in [0.15, 0.2) is 0 Å². The van der Waals surface area contributed by atoms with E-state index < -0.39 is 8.32 Å². The molecule has 0 unspecified atom stereocenters. The van der Waals surface area contributed by atoms with Crippen molar-refractivity contribution in [3.05, 3.63) is 72.3 Å². The van der Waals surface area contributed by atoms with E-state index in [9.17, 15) is 0 Å². The molecule has 29 heavy (non-hydrogen) atoms. The van der Waals surface area contributed by atoms with Crippen molar-refractivity contribution in [1.82, 2.24) is 0 Å². The zero-order valence-electron chi connectivity index (χ0n) is 18.3. The van der Waals surface area contributed by atoms with E-state index in [0.29, 0.717) is 19.8 Å². The minimum absolute atomic E-state index is 0.0962. The molecule has 0 aromatic heterocycles. The molecule has 0 bridgehead atoms. The van der Waals surface area contributed by atoms with Gasteiger partial charge in [-0.15, -0.1) is 0 Å². The normalized spacial score (nSPS) is 23.4. The van der Waals surface area contributed by atoms with E-state index in [-0.39, 0.29) is 17.2 Å². The molecule has 3 atom stereocenters. The van der Waals surface area contributed by atoms with Gasteiger partial charge in [0.05, 0.1) is 0 Å². The van der Waals surface area contributed by atoms with Crippen molar-refractivity contribution in [2.75, 3.05) is 6.61 Å². The van der Waals surface area contributed by atoms with Crippen LogP contribution in [0.2, 0.25) is 22.9 Å². The molecular formula is C25H34O2SeSi. The van der Waals surface area contributed by atoms with Crippen molar-refractivity contribution in [3.8, 4) is 0 Å². The quantitative estimate of drug-likeness (QED) is 0.502. The summed E-state index contributed by atoms with van der Waals surface area (Å²) in [5.74, 6) is 0. The van der Waals surface area contributed by atoms with Crippen LogP contribution in [0.1, 0.15) is 32.8 Å². The van der Waals surface area contributed by atoms with Gasteiger partial charge in [-0.3, -0.25) is 0 Å². The average Bonchev–Trinajstić information content (AvgIpc) is 2.69. The molecule has 0 radical (unpaired) electrons. The summed E-state index contributed by atoms with van der Waals surface area (Å²) in [5, 5.41) is 0.213. The summed E-state index contributed by atoms with van der Waals surface area (Å²) in [6, 6.07) is 21.4. The predicted octanol–water partition coefficient (Wildman–Crippen LogP) is 5.70. The summed E-state index contributed by atoms with van der Waals surface area (Å²) in [6.45, 7) is 12.5. The van der Waals surface area contributed by atoms with E-state index in [1.165, 1.54) is 10.0 Å². The Bertz CT molecular complexity index is 783. The maximum absolute atomic E-state index is 6.95. The Hall–Kier alpha value is -1.16. The fourth-order valence-electron chi connectivity index (χ4n) is 3.21. The van der Waals surface area contributed by atoms with Gasteiger partial charge >= 0.3 is 184 Å². The molecule has 1 aliphatic rings. The molecule has 4 heteroatoms. The molecule has 0 amide bonds.